The molecule has 1 aliphatic rings. The molecule has 0 spiro atoms. The van der Waals surface area contributed by atoms with Crippen molar-refractivity contribution in [2.75, 3.05) is 18.8 Å². The first-order valence-corrected chi connectivity index (χ1v) is 6.84. The van der Waals surface area contributed by atoms with Crippen molar-refractivity contribution in [3.8, 4) is 0 Å². The smallest absolute Gasteiger partial charge is 0.0485 e. The summed E-state index contributed by atoms with van der Waals surface area (Å²) in [5, 5.41) is 3.21. The average molecular weight is 223 g/mol. The van der Waals surface area contributed by atoms with E-state index in [1.165, 1.54) is 11.1 Å². The highest BCUT2D eigenvalue weighted by Crippen LogP contribution is 2.10. The van der Waals surface area contributed by atoms with Crippen LogP contribution in [0.4, 0.5) is 0 Å². The molecule has 1 unspecified atom stereocenters. The highest BCUT2D eigenvalue weighted by atomic mass is 32.2. The van der Waals surface area contributed by atoms with Gasteiger partial charge in [0.25, 0.3) is 0 Å². The van der Waals surface area contributed by atoms with Gasteiger partial charge in [0.1, 0.15) is 0 Å². The van der Waals surface area contributed by atoms with E-state index in [-0.39, 0.29) is 0 Å². The van der Waals surface area contributed by atoms with Crippen LogP contribution in [0.1, 0.15) is 11.1 Å². The fourth-order valence-electron chi connectivity index (χ4n) is 1.78. The van der Waals surface area contributed by atoms with Gasteiger partial charge in [-0.05, 0) is 18.4 Å². The molecule has 0 aliphatic carbocycles. The number of rotatable bonds is 4. The van der Waals surface area contributed by atoms with Gasteiger partial charge in [-0.15, -0.1) is 0 Å². The molecule has 3 heteroatoms. The Morgan fingerprint density at radius 1 is 1.47 bits per heavy atom. The summed E-state index contributed by atoms with van der Waals surface area (Å²) in [6.07, 6.45) is 0. The summed E-state index contributed by atoms with van der Waals surface area (Å²) in [6.45, 7) is 4.15. The van der Waals surface area contributed by atoms with Gasteiger partial charge in [-0.3, -0.25) is 4.21 Å². The Morgan fingerprint density at radius 3 is 2.87 bits per heavy atom. The Balaban J connectivity index is 1.87. The van der Waals surface area contributed by atoms with E-state index in [1.807, 2.05) is 6.07 Å². The van der Waals surface area contributed by atoms with Gasteiger partial charge in [-0.25, -0.2) is 0 Å². The lowest BCUT2D eigenvalue weighted by Gasteiger charge is -2.26. The Hall–Kier alpha value is -0.670. The standard InChI is InChI=1S/C12H17NOS/c1-10-3-2-4-11(5-10)8-15(14)9-12-6-13-7-12/h2-5,12-13H,6-9H2,1H3. The van der Waals surface area contributed by atoms with Crippen LogP contribution in [-0.2, 0) is 16.6 Å². The van der Waals surface area contributed by atoms with Crippen LogP contribution in [0.5, 0.6) is 0 Å². The van der Waals surface area contributed by atoms with Crippen LogP contribution in [0.3, 0.4) is 0 Å². The van der Waals surface area contributed by atoms with E-state index in [2.05, 4.69) is 30.4 Å². The Bertz CT molecular complexity index is 360. The number of nitrogens with one attached hydrogen (secondary N) is 1. The predicted octanol–water partition coefficient (Wildman–Crippen LogP) is 1.46. The maximum absolute atomic E-state index is 11.8. The summed E-state index contributed by atoms with van der Waals surface area (Å²) in [5.74, 6) is 2.19. The summed E-state index contributed by atoms with van der Waals surface area (Å²) in [4.78, 5) is 0. The summed E-state index contributed by atoms with van der Waals surface area (Å²) >= 11 is 0. The molecule has 0 aromatic heterocycles. The van der Waals surface area contributed by atoms with E-state index in [9.17, 15) is 4.21 Å². The summed E-state index contributed by atoms with van der Waals surface area (Å²) < 4.78 is 11.8. The molecule has 82 valence electrons. The lowest BCUT2D eigenvalue weighted by atomic mass is 10.1. The first kappa shape index (κ1) is 10.8. The quantitative estimate of drug-likeness (QED) is 0.837. The predicted molar refractivity (Wildman–Crippen MR) is 64.3 cm³/mol. The van der Waals surface area contributed by atoms with E-state index in [4.69, 9.17) is 0 Å². The van der Waals surface area contributed by atoms with Crippen molar-refractivity contribution in [3.05, 3.63) is 35.4 Å². The van der Waals surface area contributed by atoms with Gasteiger partial charge in [0.15, 0.2) is 0 Å². The lowest BCUT2D eigenvalue weighted by molar-refractivity contribution is 0.382. The zero-order chi connectivity index (χ0) is 10.7. The van der Waals surface area contributed by atoms with Crippen LogP contribution in [0.15, 0.2) is 24.3 Å². The van der Waals surface area contributed by atoms with E-state index < -0.39 is 10.8 Å². The largest absolute Gasteiger partial charge is 0.316 e. The maximum Gasteiger partial charge on any atom is 0.0485 e. The topological polar surface area (TPSA) is 29.1 Å². The fourth-order valence-corrected chi connectivity index (χ4v) is 3.21. The van der Waals surface area contributed by atoms with Crippen molar-refractivity contribution < 1.29 is 4.21 Å². The van der Waals surface area contributed by atoms with Crippen molar-refractivity contribution in [2.45, 2.75) is 12.7 Å². The molecule has 0 radical (unpaired) electrons. The monoisotopic (exact) mass is 223 g/mol. The van der Waals surface area contributed by atoms with Crippen LogP contribution in [-0.4, -0.2) is 23.1 Å². The SMILES string of the molecule is Cc1cccc(CS(=O)CC2CNC2)c1. The van der Waals surface area contributed by atoms with Crippen LogP contribution >= 0.6 is 0 Å². The van der Waals surface area contributed by atoms with E-state index in [1.54, 1.807) is 0 Å². The van der Waals surface area contributed by atoms with Gasteiger partial charge in [0.2, 0.25) is 0 Å². The molecular formula is C12H17NOS. The molecule has 2 rings (SSSR count). The average Bonchev–Trinajstić information content (AvgIpc) is 2.11. The number of benzene rings is 1. The number of hydrogen-bond donors (Lipinski definition) is 1. The van der Waals surface area contributed by atoms with Crippen LogP contribution in [0.2, 0.25) is 0 Å². The lowest BCUT2D eigenvalue weighted by Crippen LogP contribution is -2.44. The molecule has 1 atom stereocenters. The van der Waals surface area contributed by atoms with E-state index in [0.29, 0.717) is 11.7 Å². The van der Waals surface area contributed by atoms with Gasteiger partial charge < -0.3 is 5.32 Å². The molecule has 0 saturated carbocycles. The fraction of sp³-hybridized carbons (Fsp3) is 0.500. The third-order valence-corrected chi connectivity index (χ3v) is 4.20. The van der Waals surface area contributed by atoms with E-state index >= 15 is 0 Å². The number of aryl methyl sites for hydroxylation is 1. The molecule has 1 aliphatic heterocycles. The molecule has 1 heterocycles. The third-order valence-electron chi connectivity index (χ3n) is 2.70. The van der Waals surface area contributed by atoms with Crippen molar-refractivity contribution in [3.63, 3.8) is 0 Å². The Kier molecular flexibility index (Phi) is 3.54. The third kappa shape index (κ3) is 3.14. The van der Waals surface area contributed by atoms with Crippen molar-refractivity contribution in [1.82, 2.24) is 5.32 Å². The van der Waals surface area contributed by atoms with Gasteiger partial charge in [0.05, 0.1) is 0 Å². The molecule has 1 aromatic carbocycles. The normalized spacial score (nSPS) is 18.5. The highest BCUT2D eigenvalue weighted by Gasteiger charge is 2.19. The van der Waals surface area contributed by atoms with Crippen LogP contribution < -0.4 is 5.32 Å². The molecular weight excluding hydrogens is 206 g/mol. The minimum atomic E-state index is -0.698. The molecule has 1 N–H and O–H groups in total. The summed E-state index contributed by atoms with van der Waals surface area (Å²) in [6, 6.07) is 8.29. The van der Waals surface area contributed by atoms with E-state index in [0.717, 1.165) is 18.8 Å². The first-order valence-electron chi connectivity index (χ1n) is 5.35. The second-order valence-corrected chi connectivity index (χ2v) is 5.77. The molecule has 1 saturated heterocycles. The first-order chi connectivity index (χ1) is 7.24. The highest BCUT2D eigenvalue weighted by molar-refractivity contribution is 7.84. The summed E-state index contributed by atoms with van der Waals surface area (Å²) in [5.41, 5.74) is 2.44. The maximum atomic E-state index is 11.8. The van der Waals surface area contributed by atoms with Gasteiger partial charge in [-0.1, -0.05) is 29.8 Å². The second kappa shape index (κ2) is 4.90. The number of hydrogen-bond acceptors (Lipinski definition) is 2. The molecule has 1 fully saturated rings. The van der Waals surface area contributed by atoms with Crippen LogP contribution in [0.25, 0.3) is 0 Å². The molecule has 1 aromatic rings. The molecule has 0 amide bonds. The van der Waals surface area contributed by atoms with Gasteiger partial charge in [-0.2, -0.15) is 0 Å². The summed E-state index contributed by atoms with van der Waals surface area (Å²) in [7, 11) is -0.698. The van der Waals surface area contributed by atoms with Gasteiger partial charge >= 0.3 is 0 Å². The molecule has 2 nitrogen and oxygen atoms in total. The second-order valence-electron chi connectivity index (χ2n) is 4.26. The Morgan fingerprint density at radius 2 is 2.27 bits per heavy atom. The zero-order valence-electron chi connectivity index (χ0n) is 9.03. The molecule has 0 bridgehead atoms. The minimum absolute atomic E-state index is 0.635. The van der Waals surface area contributed by atoms with Crippen LogP contribution in [0, 0.1) is 12.8 Å². The zero-order valence-corrected chi connectivity index (χ0v) is 9.85. The van der Waals surface area contributed by atoms with Crippen molar-refractivity contribution >= 4 is 10.8 Å². The van der Waals surface area contributed by atoms with Crippen molar-refractivity contribution in [2.24, 2.45) is 5.92 Å². The minimum Gasteiger partial charge on any atom is -0.316 e. The van der Waals surface area contributed by atoms with Crippen molar-refractivity contribution in [1.29, 1.82) is 0 Å². The van der Waals surface area contributed by atoms with Gasteiger partial charge in [0, 0.05) is 35.4 Å². The molecule has 15 heavy (non-hydrogen) atoms. The Labute approximate surface area is 93.5 Å².